The van der Waals surface area contributed by atoms with Crippen molar-refractivity contribution in [2.45, 2.75) is 13.3 Å². The molecule has 1 heterocycles. The molecule has 1 aromatic rings. The average Bonchev–Trinajstić information content (AvgIpc) is 2.11. The Bertz CT molecular complexity index is 399. The minimum absolute atomic E-state index is 0.142. The van der Waals surface area contributed by atoms with Gasteiger partial charge >= 0.3 is 5.97 Å². The lowest BCUT2D eigenvalue weighted by atomic mass is 10.1. The number of nitrogens with zero attached hydrogens (tertiary/aromatic N) is 2. The number of aromatic nitrogens is 2. The van der Waals surface area contributed by atoms with E-state index in [-0.39, 0.29) is 11.9 Å². The second kappa shape index (κ2) is 3.91. The van der Waals surface area contributed by atoms with E-state index < -0.39 is 11.9 Å². The Labute approximate surface area is 79.9 Å². The van der Waals surface area contributed by atoms with Crippen molar-refractivity contribution < 1.29 is 15.1 Å². The molecule has 0 radical (unpaired) electrons. The molecular formula is C8H11N3O3. The van der Waals surface area contributed by atoms with E-state index >= 15 is 0 Å². The molecule has 1 rings (SSSR count). The molecule has 76 valence electrons. The maximum atomic E-state index is 10.5. The van der Waals surface area contributed by atoms with E-state index in [1.54, 1.807) is 6.92 Å². The summed E-state index contributed by atoms with van der Waals surface area (Å²) in [6.07, 6.45) is 2.64. The Hall–Kier alpha value is -1.85. The highest BCUT2D eigenvalue weighted by molar-refractivity contribution is 5.69. The van der Waals surface area contributed by atoms with Gasteiger partial charge < -0.3 is 10.3 Å². The lowest BCUT2D eigenvalue weighted by molar-refractivity contribution is -0.141. The number of aliphatic carboxylic acids is 1. The first kappa shape index (κ1) is 10.2. The Morgan fingerprint density at radius 2 is 2.43 bits per heavy atom. The van der Waals surface area contributed by atoms with Crippen LogP contribution in [0.3, 0.4) is 0 Å². The smallest absolute Gasteiger partial charge is 0.306 e. The third-order valence-corrected chi connectivity index (χ3v) is 1.81. The number of hydrogen-bond acceptors (Lipinski definition) is 4. The van der Waals surface area contributed by atoms with Crippen molar-refractivity contribution in [2.75, 3.05) is 0 Å². The Kier molecular flexibility index (Phi) is 2.85. The van der Waals surface area contributed by atoms with Crippen molar-refractivity contribution >= 4 is 5.97 Å². The number of carboxylic acid groups (broad SMARTS) is 1. The van der Waals surface area contributed by atoms with Crippen LogP contribution >= 0.6 is 0 Å². The molecule has 0 aromatic carbocycles. The minimum Gasteiger partial charge on any atom is -0.481 e. The third-order valence-electron chi connectivity index (χ3n) is 1.81. The van der Waals surface area contributed by atoms with Gasteiger partial charge in [-0.25, -0.2) is 0 Å². The molecule has 0 aliphatic carbocycles. The van der Waals surface area contributed by atoms with Gasteiger partial charge in [0.25, 0.3) is 0 Å². The lowest BCUT2D eigenvalue weighted by Gasteiger charge is -2.05. The average molecular weight is 197 g/mol. The molecule has 0 bridgehead atoms. The van der Waals surface area contributed by atoms with Crippen LogP contribution in [0.4, 0.5) is 0 Å². The second-order valence-electron chi connectivity index (χ2n) is 3.05. The molecule has 1 unspecified atom stereocenters. The summed E-state index contributed by atoms with van der Waals surface area (Å²) >= 11 is 0. The molecule has 1 aromatic heterocycles. The van der Waals surface area contributed by atoms with Gasteiger partial charge in [-0.05, 0) is 0 Å². The summed E-state index contributed by atoms with van der Waals surface area (Å²) in [7, 11) is 0. The van der Waals surface area contributed by atoms with E-state index in [0.29, 0.717) is 10.4 Å². The minimum atomic E-state index is -0.911. The molecule has 14 heavy (non-hydrogen) atoms. The molecule has 0 aliphatic rings. The molecule has 6 nitrogen and oxygen atoms in total. The predicted molar refractivity (Wildman–Crippen MR) is 45.8 cm³/mol. The van der Waals surface area contributed by atoms with E-state index in [2.05, 4.69) is 4.98 Å². The van der Waals surface area contributed by atoms with Crippen molar-refractivity contribution in [1.29, 1.82) is 5.41 Å². The lowest BCUT2D eigenvalue weighted by Crippen LogP contribution is -2.20. The maximum Gasteiger partial charge on any atom is 0.306 e. The van der Waals surface area contributed by atoms with Gasteiger partial charge in [0.1, 0.15) is 0 Å². The van der Waals surface area contributed by atoms with E-state index in [1.807, 2.05) is 0 Å². The SMILES string of the molecule is CC(Cc1cn(O)c(=N)cn1)C(=O)O. The van der Waals surface area contributed by atoms with E-state index in [0.717, 1.165) is 0 Å². The van der Waals surface area contributed by atoms with Crippen LogP contribution in [0, 0.1) is 11.3 Å². The Balaban J connectivity index is 2.83. The van der Waals surface area contributed by atoms with Gasteiger partial charge in [-0.3, -0.25) is 15.2 Å². The molecule has 3 N–H and O–H groups in total. The largest absolute Gasteiger partial charge is 0.481 e. The number of rotatable bonds is 3. The normalized spacial score (nSPS) is 12.4. The maximum absolute atomic E-state index is 10.5. The summed E-state index contributed by atoms with van der Waals surface area (Å²) in [5.41, 5.74) is 0.301. The van der Waals surface area contributed by atoms with Crippen molar-refractivity contribution in [3.8, 4) is 0 Å². The fraction of sp³-hybridized carbons (Fsp3) is 0.375. The summed E-state index contributed by atoms with van der Waals surface area (Å²) in [5, 5.41) is 24.8. The summed E-state index contributed by atoms with van der Waals surface area (Å²) < 4.78 is 0.608. The van der Waals surface area contributed by atoms with Crippen molar-refractivity contribution in [2.24, 2.45) is 5.92 Å². The van der Waals surface area contributed by atoms with Crippen LogP contribution in [0.1, 0.15) is 12.6 Å². The Morgan fingerprint density at radius 3 is 2.93 bits per heavy atom. The highest BCUT2D eigenvalue weighted by Gasteiger charge is 2.12. The molecular weight excluding hydrogens is 186 g/mol. The van der Waals surface area contributed by atoms with Crippen LogP contribution in [-0.4, -0.2) is 26.0 Å². The van der Waals surface area contributed by atoms with Crippen LogP contribution in [0.2, 0.25) is 0 Å². The molecule has 1 atom stereocenters. The van der Waals surface area contributed by atoms with Gasteiger partial charge in [0.2, 0.25) is 0 Å². The zero-order chi connectivity index (χ0) is 10.7. The fourth-order valence-electron chi connectivity index (χ4n) is 0.954. The monoisotopic (exact) mass is 197 g/mol. The summed E-state index contributed by atoms with van der Waals surface area (Å²) in [6.45, 7) is 1.56. The number of carbonyl (C=O) groups is 1. The molecule has 0 saturated heterocycles. The van der Waals surface area contributed by atoms with E-state index in [4.69, 9.17) is 15.7 Å². The van der Waals surface area contributed by atoms with Crippen LogP contribution < -0.4 is 5.49 Å². The quantitative estimate of drug-likeness (QED) is 0.587. The predicted octanol–water partition coefficient (Wildman–Crippen LogP) is -0.137. The van der Waals surface area contributed by atoms with E-state index in [9.17, 15) is 4.79 Å². The second-order valence-corrected chi connectivity index (χ2v) is 3.05. The van der Waals surface area contributed by atoms with Gasteiger partial charge in [0.05, 0.1) is 24.0 Å². The molecule has 0 fully saturated rings. The van der Waals surface area contributed by atoms with Gasteiger partial charge in [-0.2, -0.15) is 4.73 Å². The molecule has 0 saturated carbocycles. The van der Waals surface area contributed by atoms with Gasteiger partial charge in [-0.15, -0.1) is 0 Å². The molecule has 0 amide bonds. The summed E-state index contributed by atoms with van der Waals surface area (Å²) in [4.78, 5) is 14.4. The molecule has 0 spiro atoms. The number of hydrogen-bond donors (Lipinski definition) is 3. The molecule has 6 heteroatoms. The van der Waals surface area contributed by atoms with Gasteiger partial charge in [-0.1, -0.05) is 6.92 Å². The van der Waals surface area contributed by atoms with Gasteiger partial charge in [0.15, 0.2) is 5.49 Å². The van der Waals surface area contributed by atoms with Crippen molar-refractivity contribution in [3.63, 3.8) is 0 Å². The highest BCUT2D eigenvalue weighted by atomic mass is 16.5. The van der Waals surface area contributed by atoms with Crippen LogP contribution in [-0.2, 0) is 11.2 Å². The first-order valence-electron chi connectivity index (χ1n) is 4.05. The topological polar surface area (TPSA) is 99.2 Å². The van der Waals surface area contributed by atoms with Crippen LogP contribution in [0.25, 0.3) is 0 Å². The number of carboxylic acids is 1. The van der Waals surface area contributed by atoms with Gasteiger partial charge in [0, 0.05) is 6.42 Å². The summed E-state index contributed by atoms with van der Waals surface area (Å²) in [5.74, 6) is -1.47. The third kappa shape index (κ3) is 2.32. The van der Waals surface area contributed by atoms with Crippen molar-refractivity contribution in [3.05, 3.63) is 23.6 Å². The fourth-order valence-corrected chi connectivity index (χ4v) is 0.954. The van der Waals surface area contributed by atoms with E-state index in [1.165, 1.54) is 12.4 Å². The first-order valence-corrected chi connectivity index (χ1v) is 4.05. The summed E-state index contributed by atoms with van der Waals surface area (Å²) in [6, 6.07) is 0. The highest BCUT2D eigenvalue weighted by Crippen LogP contribution is 2.03. The van der Waals surface area contributed by atoms with Crippen LogP contribution in [0.5, 0.6) is 0 Å². The first-order chi connectivity index (χ1) is 6.50. The zero-order valence-corrected chi connectivity index (χ0v) is 7.64. The number of nitrogens with one attached hydrogen (secondary N) is 1. The van der Waals surface area contributed by atoms with Crippen LogP contribution in [0.15, 0.2) is 12.4 Å². The zero-order valence-electron chi connectivity index (χ0n) is 7.64. The standard InChI is InChI=1S/C8H11N3O3/c1-5(8(12)13)2-6-4-11(14)7(9)3-10-6/h3-5,9,14H,2H2,1H3,(H,12,13). The Morgan fingerprint density at radius 1 is 1.79 bits per heavy atom. The van der Waals surface area contributed by atoms with Crippen molar-refractivity contribution in [1.82, 2.24) is 9.71 Å². The molecule has 0 aliphatic heterocycles.